The second-order valence-corrected chi connectivity index (χ2v) is 6.60. The quantitative estimate of drug-likeness (QED) is 0.376. The van der Waals surface area contributed by atoms with Crippen LogP contribution >= 0.6 is 0 Å². The van der Waals surface area contributed by atoms with Crippen LogP contribution in [0, 0.1) is 0 Å². The normalized spacial score (nSPS) is 14.4. The van der Waals surface area contributed by atoms with Gasteiger partial charge < -0.3 is 9.80 Å². The van der Waals surface area contributed by atoms with Gasteiger partial charge in [-0.1, -0.05) is 78.1 Å². The van der Waals surface area contributed by atoms with E-state index in [1.807, 2.05) is 0 Å². The number of rotatable bonds is 14. The molecular weight excluding hydrogens is 256 g/mol. The maximum absolute atomic E-state index is 2.46. The third-order valence-electron chi connectivity index (χ3n) is 4.41. The standard InChI is InChI=1S/C19H38N2/c1-3-5-6-7-8-9-10-11-12-13-14-16-21-18-17-20(19-21)15-4-2/h17-18H,3-16,19H2,1-2H3. The highest BCUT2D eigenvalue weighted by Crippen LogP contribution is 2.13. The van der Waals surface area contributed by atoms with Gasteiger partial charge in [0.1, 0.15) is 0 Å². The van der Waals surface area contributed by atoms with E-state index in [2.05, 4.69) is 36.0 Å². The Morgan fingerprint density at radius 1 is 0.571 bits per heavy atom. The summed E-state index contributed by atoms with van der Waals surface area (Å²) in [6, 6.07) is 0. The molecule has 0 radical (unpaired) electrons. The first-order chi connectivity index (χ1) is 10.4. The van der Waals surface area contributed by atoms with Gasteiger partial charge >= 0.3 is 0 Å². The fourth-order valence-corrected chi connectivity index (χ4v) is 3.07. The summed E-state index contributed by atoms with van der Waals surface area (Å²) in [6.45, 7) is 8.10. The first-order valence-electron chi connectivity index (χ1n) is 9.53. The molecule has 0 saturated carbocycles. The Labute approximate surface area is 133 Å². The molecule has 0 spiro atoms. The van der Waals surface area contributed by atoms with Gasteiger partial charge in [0.25, 0.3) is 0 Å². The SMILES string of the molecule is CCCCCCCCCCCCCN1C=CN(CCC)C1. The highest BCUT2D eigenvalue weighted by molar-refractivity contribution is 4.89. The summed E-state index contributed by atoms with van der Waals surface area (Å²) in [5.74, 6) is 0. The molecular formula is C19H38N2. The molecule has 1 rings (SSSR count). The Morgan fingerprint density at radius 2 is 1.05 bits per heavy atom. The molecule has 1 aliphatic rings. The van der Waals surface area contributed by atoms with Crippen molar-refractivity contribution < 1.29 is 0 Å². The maximum atomic E-state index is 2.46. The number of hydrogen-bond acceptors (Lipinski definition) is 2. The first kappa shape index (κ1) is 18.4. The molecule has 1 aliphatic heterocycles. The molecule has 0 atom stereocenters. The molecule has 0 aromatic rings. The van der Waals surface area contributed by atoms with Gasteiger partial charge in [0.05, 0.1) is 6.67 Å². The van der Waals surface area contributed by atoms with Gasteiger partial charge in [-0.15, -0.1) is 0 Å². The summed E-state index contributed by atoms with van der Waals surface area (Å²) in [6.07, 6.45) is 21.5. The fourth-order valence-electron chi connectivity index (χ4n) is 3.07. The molecule has 21 heavy (non-hydrogen) atoms. The van der Waals surface area contributed by atoms with Crippen molar-refractivity contribution in [3.8, 4) is 0 Å². The topological polar surface area (TPSA) is 6.48 Å². The van der Waals surface area contributed by atoms with Crippen LogP contribution in [-0.2, 0) is 0 Å². The van der Waals surface area contributed by atoms with Crippen molar-refractivity contribution in [2.45, 2.75) is 90.9 Å². The summed E-state index contributed by atoms with van der Waals surface area (Å²) < 4.78 is 0. The van der Waals surface area contributed by atoms with E-state index >= 15 is 0 Å². The Kier molecular flexibility index (Phi) is 11.4. The van der Waals surface area contributed by atoms with Crippen LogP contribution in [0.4, 0.5) is 0 Å². The summed E-state index contributed by atoms with van der Waals surface area (Å²) in [5, 5.41) is 0. The predicted molar refractivity (Wildman–Crippen MR) is 94.2 cm³/mol. The molecule has 124 valence electrons. The van der Waals surface area contributed by atoms with E-state index in [0.717, 1.165) is 6.67 Å². The van der Waals surface area contributed by atoms with Gasteiger partial charge in [0.15, 0.2) is 0 Å². The predicted octanol–water partition coefficient (Wildman–Crippen LogP) is 5.75. The fraction of sp³-hybridized carbons (Fsp3) is 0.895. The molecule has 2 heteroatoms. The van der Waals surface area contributed by atoms with Crippen LogP contribution in [0.25, 0.3) is 0 Å². The van der Waals surface area contributed by atoms with E-state index in [1.54, 1.807) is 0 Å². The van der Waals surface area contributed by atoms with Gasteiger partial charge in [-0.3, -0.25) is 0 Å². The van der Waals surface area contributed by atoms with Gasteiger partial charge in [-0.2, -0.15) is 0 Å². The van der Waals surface area contributed by atoms with Crippen molar-refractivity contribution in [2.75, 3.05) is 19.8 Å². The Bertz CT molecular complexity index is 250. The monoisotopic (exact) mass is 294 g/mol. The van der Waals surface area contributed by atoms with Crippen LogP contribution in [0.3, 0.4) is 0 Å². The smallest absolute Gasteiger partial charge is 0.0893 e. The maximum Gasteiger partial charge on any atom is 0.0893 e. The minimum atomic E-state index is 1.12. The van der Waals surface area contributed by atoms with Crippen LogP contribution in [0.2, 0.25) is 0 Å². The molecule has 0 aromatic carbocycles. The summed E-state index contributed by atoms with van der Waals surface area (Å²) >= 11 is 0. The average Bonchev–Trinajstić information content (AvgIpc) is 2.93. The Hall–Kier alpha value is -0.660. The third-order valence-corrected chi connectivity index (χ3v) is 4.41. The third kappa shape index (κ3) is 9.82. The van der Waals surface area contributed by atoms with E-state index in [9.17, 15) is 0 Å². The van der Waals surface area contributed by atoms with Crippen molar-refractivity contribution in [3.05, 3.63) is 12.4 Å². The lowest BCUT2D eigenvalue weighted by Gasteiger charge is -2.20. The molecule has 1 heterocycles. The van der Waals surface area contributed by atoms with Gasteiger partial charge in [-0.25, -0.2) is 0 Å². The minimum Gasteiger partial charge on any atom is -0.359 e. The van der Waals surface area contributed by atoms with Crippen LogP contribution in [-0.4, -0.2) is 29.6 Å². The lowest BCUT2D eigenvalue weighted by atomic mass is 10.1. The zero-order valence-corrected chi connectivity index (χ0v) is 14.7. The summed E-state index contributed by atoms with van der Waals surface area (Å²) in [7, 11) is 0. The summed E-state index contributed by atoms with van der Waals surface area (Å²) in [4.78, 5) is 4.88. The average molecular weight is 295 g/mol. The van der Waals surface area contributed by atoms with E-state index in [4.69, 9.17) is 0 Å². The minimum absolute atomic E-state index is 1.12. The Balaban J connectivity index is 1.78. The van der Waals surface area contributed by atoms with Crippen molar-refractivity contribution in [1.29, 1.82) is 0 Å². The lowest BCUT2D eigenvalue weighted by Crippen LogP contribution is -2.26. The largest absolute Gasteiger partial charge is 0.359 e. The molecule has 2 nitrogen and oxygen atoms in total. The van der Waals surface area contributed by atoms with Crippen molar-refractivity contribution >= 4 is 0 Å². The molecule has 0 aromatic heterocycles. The van der Waals surface area contributed by atoms with Crippen LogP contribution in [0.1, 0.15) is 90.9 Å². The van der Waals surface area contributed by atoms with Gasteiger partial charge in [0.2, 0.25) is 0 Å². The van der Waals surface area contributed by atoms with Crippen molar-refractivity contribution in [1.82, 2.24) is 9.80 Å². The lowest BCUT2D eigenvalue weighted by molar-refractivity contribution is 0.261. The first-order valence-corrected chi connectivity index (χ1v) is 9.53. The van der Waals surface area contributed by atoms with E-state index in [-0.39, 0.29) is 0 Å². The Morgan fingerprint density at radius 3 is 1.57 bits per heavy atom. The van der Waals surface area contributed by atoms with E-state index in [0.29, 0.717) is 0 Å². The van der Waals surface area contributed by atoms with Crippen molar-refractivity contribution in [3.63, 3.8) is 0 Å². The van der Waals surface area contributed by atoms with Crippen molar-refractivity contribution in [2.24, 2.45) is 0 Å². The zero-order valence-electron chi connectivity index (χ0n) is 14.7. The highest BCUT2D eigenvalue weighted by atomic mass is 15.3. The second kappa shape index (κ2) is 13.0. The second-order valence-electron chi connectivity index (χ2n) is 6.60. The molecule has 0 bridgehead atoms. The van der Waals surface area contributed by atoms with Gasteiger partial charge in [-0.05, 0) is 12.8 Å². The van der Waals surface area contributed by atoms with Crippen LogP contribution < -0.4 is 0 Å². The number of unbranched alkanes of at least 4 members (excludes halogenated alkanes) is 10. The molecule has 0 saturated heterocycles. The molecule has 0 unspecified atom stereocenters. The van der Waals surface area contributed by atoms with Gasteiger partial charge in [0, 0.05) is 25.5 Å². The summed E-state index contributed by atoms with van der Waals surface area (Å²) in [5.41, 5.74) is 0. The van der Waals surface area contributed by atoms with E-state index < -0.39 is 0 Å². The molecule has 0 fully saturated rings. The number of nitrogens with zero attached hydrogens (tertiary/aromatic N) is 2. The molecule has 0 aliphatic carbocycles. The number of hydrogen-bond donors (Lipinski definition) is 0. The zero-order chi connectivity index (χ0) is 15.2. The van der Waals surface area contributed by atoms with E-state index in [1.165, 1.54) is 90.1 Å². The van der Waals surface area contributed by atoms with Crippen LogP contribution in [0.5, 0.6) is 0 Å². The molecule has 0 N–H and O–H groups in total. The highest BCUT2D eigenvalue weighted by Gasteiger charge is 2.09. The molecule has 0 amide bonds. The van der Waals surface area contributed by atoms with Crippen LogP contribution in [0.15, 0.2) is 12.4 Å².